The monoisotopic (exact) mass is 644 g/mol. The number of ether oxygens (including phenoxy) is 1. The molecule has 3 atom stereocenters. The third-order valence-corrected chi connectivity index (χ3v) is 8.70. The van der Waals surface area contributed by atoms with Gasteiger partial charge in [-0.25, -0.2) is 17.7 Å². The molecular formula is C34H51F3N8O. The van der Waals surface area contributed by atoms with Crippen molar-refractivity contribution < 1.29 is 17.9 Å². The van der Waals surface area contributed by atoms with Crippen molar-refractivity contribution in [3.63, 3.8) is 0 Å². The molecule has 0 aromatic carbocycles. The minimum absolute atomic E-state index is 0.0278. The molecule has 4 heterocycles. The molecule has 5 rings (SSSR count). The highest BCUT2D eigenvalue weighted by Crippen LogP contribution is 2.32. The van der Waals surface area contributed by atoms with Gasteiger partial charge in [0.1, 0.15) is 11.7 Å². The summed E-state index contributed by atoms with van der Waals surface area (Å²) in [6, 6.07) is 2.54. The third kappa shape index (κ3) is 9.63. The summed E-state index contributed by atoms with van der Waals surface area (Å²) in [5.41, 5.74) is 4.71. The summed E-state index contributed by atoms with van der Waals surface area (Å²) in [4.78, 5) is 7.05. The number of fused-ring (bicyclic) bond motifs is 1. The maximum absolute atomic E-state index is 15.2. The molecule has 2 aromatic heterocycles. The second kappa shape index (κ2) is 16.5. The van der Waals surface area contributed by atoms with Gasteiger partial charge in [-0.05, 0) is 75.7 Å². The van der Waals surface area contributed by atoms with E-state index in [0.29, 0.717) is 50.1 Å². The second-order valence-electron chi connectivity index (χ2n) is 12.8. The van der Waals surface area contributed by atoms with E-state index >= 15 is 4.39 Å². The number of piperidine rings is 1. The quantitative estimate of drug-likeness (QED) is 0.170. The lowest BCUT2D eigenvalue weighted by atomic mass is 9.97. The number of hydrogen-bond acceptors (Lipinski definition) is 8. The number of nitrogens with one attached hydrogen (secondary N) is 2. The minimum atomic E-state index is -2.12. The lowest BCUT2D eigenvalue weighted by Crippen LogP contribution is -2.57. The lowest BCUT2D eigenvalue weighted by Gasteiger charge is -2.42. The van der Waals surface area contributed by atoms with Crippen LogP contribution in [0.1, 0.15) is 79.2 Å². The average molecular weight is 645 g/mol. The molecule has 46 heavy (non-hydrogen) atoms. The van der Waals surface area contributed by atoms with Crippen LogP contribution in [-0.4, -0.2) is 82.6 Å². The third-order valence-electron chi connectivity index (χ3n) is 8.70. The van der Waals surface area contributed by atoms with Crippen molar-refractivity contribution in [2.45, 2.75) is 110 Å². The van der Waals surface area contributed by atoms with Crippen LogP contribution in [0.5, 0.6) is 0 Å². The number of aromatic nitrogens is 3. The first-order valence-corrected chi connectivity index (χ1v) is 16.7. The first-order valence-electron chi connectivity index (χ1n) is 16.7. The fourth-order valence-corrected chi connectivity index (χ4v) is 5.14. The largest absolute Gasteiger partial charge is 0.378 e. The molecule has 3 unspecified atom stereocenters. The van der Waals surface area contributed by atoms with Gasteiger partial charge in [0.2, 0.25) is 12.4 Å². The summed E-state index contributed by atoms with van der Waals surface area (Å²) < 4.78 is 43.8. The predicted molar refractivity (Wildman–Crippen MR) is 179 cm³/mol. The summed E-state index contributed by atoms with van der Waals surface area (Å²) in [6.07, 6.45) is 6.73. The molecule has 1 aliphatic carbocycles. The number of rotatable bonds is 13. The SMILES string of the molecule is C=C(/C=C\C(N=NC(C)C)=C(\C)C(C)CC)c1ccn2nc(NC3CCN(C4COC4)CC3F)nc(NC3CC3)c12.CCC(F)F. The van der Waals surface area contributed by atoms with Gasteiger partial charge in [-0.1, -0.05) is 33.4 Å². The summed E-state index contributed by atoms with van der Waals surface area (Å²) in [5.74, 6) is 1.58. The zero-order valence-corrected chi connectivity index (χ0v) is 28.1. The van der Waals surface area contributed by atoms with Crippen molar-refractivity contribution >= 4 is 22.9 Å². The fourth-order valence-electron chi connectivity index (χ4n) is 5.14. The topological polar surface area (TPSA) is 91.4 Å². The van der Waals surface area contributed by atoms with Gasteiger partial charge in [0.05, 0.1) is 37.0 Å². The summed E-state index contributed by atoms with van der Waals surface area (Å²) in [5, 5.41) is 20.6. The van der Waals surface area contributed by atoms with Crippen molar-refractivity contribution in [1.29, 1.82) is 0 Å². The Labute approximate surface area is 271 Å². The van der Waals surface area contributed by atoms with Gasteiger partial charge in [0, 0.05) is 37.3 Å². The molecule has 9 nitrogen and oxygen atoms in total. The smallest absolute Gasteiger partial charge is 0.243 e. The van der Waals surface area contributed by atoms with Gasteiger partial charge in [0.15, 0.2) is 5.82 Å². The van der Waals surface area contributed by atoms with Crippen LogP contribution < -0.4 is 10.6 Å². The highest BCUT2D eigenvalue weighted by molar-refractivity contribution is 5.89. The van der Waals surface area contributed by atoms with Gasteiger partial charge < -0.3 is 15.4 Å². The molecule has 2 aliphatic heterocycles. The van der Waals surface area contributed by atoms with Crippen LogP contribution >= 0.6 is 0 Å². The van der Waals surface area contributed by atoms with E-state index in [1.54, 1.807) is 0 Å². The molecule has 3 fully saturated rings. The Kier molecular flexibility index (Phi) is 12.8. The van der Waals surface area contributed by atoms with E-state index in [2.05, 4.69) is 53.1 Å². The lowest BCUT2D eigenvalue weighted by molar-refractivity contribution is -0.0794. The molecule has 3 aliphatic rings. The van der Waals surface area contributed by atoms with Gasteiger partial charge in [-0.2, -0.15) is 15.2 Å². The van der Waals surface area contributed by atoms with Crippen molar-refractivity contribution in [3.8, 4) is 0 Å². The number of alkyl halides is 3. The van der Waals surface area contributed by atoms with Crippen LogP contribution in [0.15, 0.2) is 52.5 Å². The Morgan fingerprint density at radius 1 is 1.13 bits per heavy atom. The summed E-state index contributed by atoms with van der Waals surface area (Å²) >= 11 is 0. The summed E-state index contributed by atoms with van der Waals surface area (Å²) in [7, 11) is 0. The highest BCUT2D eigenvalue weighted by atomic mass is 19.3. The van der Waals surface area contributed by atoms with E-state index < -0.39 is 12.6 Å². The minimum Gasteiger partial charge on any atom is -0.378 e. The molecule has 0 spiro atoms. The van der Waals surface area contributed by atoms with Crippen LogP contribution in [0.25, 0.3) is 11.1 Å². The zero-order chi connectivity index (χ0) is 33.4. The maximum Gasteiger partial charge on any atom is 0.243 e. The van der Waals surface area contributed by atoms with Gasteiger partial charge in [-0.15, -0.1) is 5.10 Å². The number of allylic oxidation sites excluding steroid dienone is 4. The van der Waals surface area contributed by atoms with E-state index in [0.717, 1.165) is 54.0 Å². The molecule has 2 N–H and O–H groups in total. The molecule has 12 heteroatoms. The van der Waals surface area contributed by atoms with Gasteiger partial charge >= 0.3 is 0 Å². The van der Waals surface area contributed by atoms with Crippen molar-refractivity contribution in [2.75, 3.05) is 36.9 Å². The average Bonchev–Trinajstić information content (AvgIpc) is 3.71. The number of hydrogen-bond donors (Lipinski definition) is 2. The Morgan fingerprint density at radius 3 is 2.41 bits per heavy atom. The molecule has 2 aromatic rings. The Bertz CT molecular complexity index is 1400. The van der Waals surface area contributed by atoms with E-state index in [9.17, 15) is 8.78 Å². The molecule has 1 saturated carbocycles. The maximum atomic E-state index is 15.2. The summed E-state index contributed by atoms with van der Waals surface area (Å²) in [6.45, 7) is 19.0. The van der Waals surface area contributed by atoms with E-state index in [-0.39, 0.29) is 18.5 Å². The zero-order valence-electron chi connectivity index (χ0n) is 28.1. The van der Waals surface area contributed by atoms with Crippen LogP contribution in [0.2, 0.25) is 0 Å². The molecular weight excluding hydrogens is 593 g/mol. The Hall–Kier alpha value is -3.25. The second-order valence-corrected chi connectivity index (χ2v) is 12.8. The molecule has 0 radical (unpaired) electrons. The van der Waals surface area contributed by atoms with Crippen LogP contribution in [0, 0.1) is 5.92 Å². The fraction of sp³-hybridized carbons (Fsp3) is 0.647. The van der Waals surface area contributed by atoms with E-state index in [4.69, 9.17) is 14.8 Å². The molecule has 0 amide bonds. The van der Waals surface area contributed by atoms with Crippen LogP contribution in [0.4, 0.5) is 24.9 Å². The van der Waals surface area contributed by atoms with Crippen molar-refractivity contribution in [2.24, 2.45) is 16.1 Å². The van der Waals surface area contributed by atoms with Crippen LogP contribution in [-0.2, 0) is 4.74 Å². The number of likely N-dealkylation sites (tertiary alicyclic amines) is 1. The Balaban J connectivity index is 0.000000892. The number of azo groups is 1. The standard InChI is InChI=1S/C31H45FN8O.C3H6F2/c1-7-20(4)22(6)27(37-36-19(2)3)11-8-21(5)25-12-15-40-29(25)30(33-23-9-10-23)35-31(38-40)34-28-13-14-39(16-26(28)32)24-17-41-18-24;1-2-3(4)5/h8,11-12,15,19-20,23-24,26,28H,5,7,9-10,13-14,16-18H2,1-4,6H3,(H2,33,34,35,38);3H,2H2,1H3/b11-8-,27-22+,37-36?;. The first-order chi connectivity index (χ1) is 22.0. The normalized spacial score (nSPS) is 22.2. The molecule has 254 valence electrons. The van der Waals surface area contributed by atoms with Gasteiger partial charge in [-0.3, -0.25) is 4.90 Å². The number of halogens is 3. The number of nitrogens with zero attached hydrogens (tertiary/aromatic N) is 6. The van der Waals surface area contributed by atoms with E-state index in [1.807, 2.05) is 42.8 Å². The van der Waals surface area contributed by atoms with Crippen LogP contribution in [0.3, 0.4) is 0 Å². The van der Waals surface area contributed by atoms with Gasteiger partial charge in [0.25, 0.3) is 0 Å². The predicted octanol–water partition coefficient (Wildman–Crippen LogP) is 7.94. The molecule has 2 saturated heterocycles. The highest BCUT2D eigenvalue weighted by Gasteiger charge is 2.36. The first kappa shape index (κ1) is 35.6. The van der Waals surface area contributed by atoms with Crippen molar-refractivity contribution in [1.82, 2.24) is 19.5 Å². The Morgan fingerprint density at radius 2 is 1.85 bits per heavy atom. The van der Waals surface area contributed by atoms with Crippen molar-refractivity contribution in [3.05, 3.63) is 47.8 Å². The number of anilines is 2. The molecule has 0 bridgehead atoms. The van der Waals surface area contributed by atoms with E-state index in [1.165, 1.54) is 12.5 Å².